The predicted octanol–water partition coefficient (Wildman–Crippen LogP) is 1.09. The third-order valence-corrected chi connectivity index (χ3v) is 0.654. The van der Waals surface area contributed by atoms with E-state index in [2.05, 4.69) is 24.0 Å². The van der Waals surface area contributed by atoms with Crippen LogP contribution in [-0.4, -0.2) is 12.6 Å². The summed E-state index contributed by atoms with van der Waals surface area (Å²) in [6, 6.07) is 0. The van der Waals surface area contributed by atoms with Gasteiger partial charge in [0.2, 0.25) is 0 Å². The van der Waals surface area contributed by atoms with E-state index in [0.717, 1.165) is 0 Å². The molecule has 0 aromatic carbocycles. The summed E-state index contributed by atoms with van der Waals surface area (Å²) in [7, 11) is 0. The molecule has 1 radical (unpaired) electrons. The molecule has 2 heteroatoms. The molecule has 0 spiro atoms. The minimum absolute atomic E-state index is 0.131. The van der Waals surface area contributed by atoms with Crippen molar-refractivity contribution in [1.29, 1.82) is 0 Å². The van der Waals surface area contributed by atoms with Crippen LogP contribution in [0.4, 0.5) is 0 Å². The molecule has 9 heavy (non-hydrogen) atoms. The zero-order valence-corrected chi connectivity index (χ0v) is 5.44. The Morgan fingerprint density at radius 2 is 2.33 bits per heavy atom. The topological polar surface area (TPSA) is 26.3 Å². The van der Waals surface area contributed by atoms with Crippen molar-refractivity contribution >= 4 is 5.97 Å². The minimum Gasteiger partial charge on any atom is -0.457 e. The van der Waals surface area contributed by atoms with Gasteiger partial charge in [-0.1, -0.05) is 13.2 Å². The first-order valence-corrected chi connectivity index (χ1v) is 2.51. The summed E-state index contributed by atoms with van der Waals surface area (Å²) in [4.78, 5) is 10.5. The van der Waals surface area contributed by atoms with Crippen molar-refractivity contribution < 1.29 is 9.53 Å². The SMILES string of the molecule is C=[C]COC(=O)C(=C)C. The Hall–Kier alpha value is -1.05. The highest BCUT2D eigenvalue weighted by Crippen LogP contribution is 1.90. The van der Waals surface area contributed by atoms with Gasteiger partial charge in [0.25, 0.3) is 0 Å². The molecule has 0 unspecified atom stereocenters. The molecule has 0 saturated heterocycles. The highest BCUT2D eigenvalue weighted by Gasteiger charge is 1.98. The first-order chi connectivity index (χ1) is 4.18. The summed E-state index contributed by atoms with van der Waals surface area (Å²) in [5.41, 5.74) is 0.394. The first kappa shape index (κ1) is 7.95. The predicted molar refractivity (Wildman–Crippen MR) is 34.6 cm³/mol. The molecule has 0 rings (SSSR count). The number of ether oxygens (including phenoxy) is 1. The van der Waals surface area contributed by atoms with Gasteiger partial charge in [-0.2, -0.15) is 0 Å². The maximum Gasteiger partial charge on any atom is 0.333 e. The first-order valence-electron chi connectivity index (χ1n) is 2.51. The minimum atomic E-state index is -0.397. The Balaban J connectivity index is 3.51. The largest absolute Gasteiger partial charge is 0.457 e. The van der Waals surface area contributed by atoms with E-state index >= 15 is 0 Å². The van der Waals surface area contributed by atoms with Crippen LogP contribution in [0.15, 0.2) is 18.7 Å². The van der Waals surface area contributed by atoms with E-state index in [0.29, 0.717) is 5.57 Å². The van der Waals surface area contributed by atoms with Crippen LogP contribution < -0.4 is 0 Å². The average Bonchev–Trinajstić information content (AvgIpc) is 1.82. The van der Waals surface area contributed by atoms with Crippen molar-refractivity contribution in [2.45, 2.75) is 6.92 Å². The van der Waals surface area contributed by atoms with Gasteiger partial charge in [0.1, 0.15) is 6.61 Å². The van der Waals surface area contributed by atoms with Crippen molar-refractivity contribution in [2.75, 3.05) is 6.61 Å². The number of rotatable bonds is 3. The molecule has 0 fully saturated rings. The van der Waals surface area contributed by atoms with E-state index in [1.165, 1.54) is 0 Å². The molecule has 0 amide bonds. The zero-order chi connectivity index (χ0) is 7.28. The van der Waals surface area contributed by atoms with Gasteiger partial charge in [-0.05, 0) is 13.0 Å². The van der Waals surface area contributed by atoms with Crippen LogP contribution in [0.2, 0.25) is 0 Å². The Labute approximate surface area is 54.8 Å². The fourth-order valence-electron chi connectivity index (χ4n) is 0.240. The summed E-state index contributed by atoms with van der Waals surface area (Å²) in [6.45, 7) is 8.36. The summed E-state index contributed by atoms with van der Waals surface area (Å²) < 4.78 is 4.54. The van der Waals surface area contributed by atoms with Crippen LogP contribution in [0, 0.1) is 6.08 Å². The molecule has 0 N–H and O–H groups in total. The van der Waals surface area contributed by atoms with E-state index in [1.54, 1.807) is 6.92 Å². The molecule has 0 aliphatic rings. The lowest BCUT2D eigenvalue weighted by molar-refractivity contribution is -0.137. The van der Waals surface area contributed by atoms with E-state index in [4.69, 9.17) is 0 Å². The lowest BCUT2D eigenvalue weighted by Crippen LogP contribution is -2.04. The Morgan fingerprint density at radius 3 is 2.67 bits per heavy atom. The maximum atomic E-state index is 10.5. The van der Waals surface area contributed by atoms with Gasteiger partial charge >= 0.3 is 5.97 Å². The second-order valence-corrected chi connectivity index (χ2v) is 1.61. The molecule has 0 aliphatic heterocycles. The molecule has 0 bridgehead atoms. The Morgan fingerprint density at radius 1 is 1.78 bits per heavy atom. The molecule has 0 aliphatic carbocycles. The molecular weight excluding hydrogens is 116 g/mol. The second-order valence-electron chi connectivity index (χ2n) is 1.61. The van der Waals surface area contributed by atoms with Gasteiger partial charge in [-0.15, -0.1) is 0 Å². The van der Waals surface area contributed by atoms with Crippen LogP contribution in [0.5, 0.6) is 0 Å². The van der Waals surface area contributed by atoms with Gasteiger partial charge in [0, 0.05) is 5.57 Å². The van der Waals surface area contributed by atoms with Crippen LogP contribution in [0.25, 0.3) is 0 Å². The van der Waals surface area contributed by atoms with Gasteiger partial charge < -0.3 is 4.74 Å². The molecular formula is C7H9O2. The van der Waals surface area contributed by atoms with Crippen molar-refractivity contribution in [3.05, 3.63) is 24.8 Å². The molecule has 0 aromatic rings. The van der Waals surface area contributed by atoms with E-state index < -0.39 is 5.97 Å². The Bertz CT molecular complexity index is 136. The van der Waals surface area contributed by atoms with Crippen LogP contribution in [-0.2, 0) is 9.53 Å². The quantitative estimate of drug-likeness (QED) is 0.417. The zero-order valence-electron chi connectivity index (χ0n) is 5.44. The number of carbonyl (C=O) groups excluding carboxylic acids is 1. The fourth-order valence-corrected chi connectivity index (χ4v) is 0.240. The third kappa shape index (κ3) is 3.53. The molecule has 0 heterocycles. The van der Waals surface area contributed by atoms with E-state index in [1.807, 2.05) is 0 Å². The highest BCUT2D eigenvalue weighted by molar-refractivity contribution is 5.86. The van der Waals surface area contributed by atoms with Gasteiger partial charge in [0.05, 0.1) is 0 Å². The molecule has 2 nitrogen and oxygen atoms in total. The highest BCUT2D eigenvalue weighted by atomic mass is 16.5. The summed E-state index contributed by atoms with van der Waals surface area (Å²) in [6.07, 6.45) is 2.42. The molecule has 0 aromatic heterocycles. The summed E-state index contributed by atoms with van der Waals surface area (Å²) in [5, 5.41) is 0. The normalized spacial score (nSPS) is 8.11. The van der Waals surface area contributed by atoms with Crippen molar-refractivity contribution in [3.8, 4) is 0 Å². The number of carbonyl (C=O) groups is 1. The summed E-state index contributed by atoms with van der Waals surface area (Å²) in [5.74, 6) is -0.397. The lowest BCUT2D eigenvalue weighted by Gasteiger charge is -1.97. The van der Waals surface area contributed by atoms with Gasteiger partial charge in [-0.25, -0.2) is 4.79 Å². The van der Waals surface area contributed by atoms with Crippen LogP contribution in [0.1, 0.15) is 6.92 Å². The fraction of sp³-hybridized carbons (Fsp3) is 0.286. The van der Waals surface area contributed by atoms with Crippen molar-refractivity contribution in [1.82, 2.24) is 0 Å². The molecule has 0 saturated carbocycles. The van der Waals surface area contributed by atoms with Crippen molar-refractivity contribution in [3.63, 3.8) is 0 Å². The Kier molecular flexibility index (Phi) is 3.44. The number of hydrogen-bond acceptors (Lipinski definition) is 2. The van der Waals surface area contributed by atoms with Gasteiger partial charge in [0.15, 0.2) is 0 Å². The standard InChI is InChI=1S/C7H9O2/c1-4-5-9-7(8)6(2)3/h1-2,5H2,3H3. The van der Waals surface area contributed by atoms with Crippen molar-refractivity contribution in [2.24, 2.45) is 0 Å². The van der Waals surface area contributed by atoms with Crippen LogP contribution >= 0.6 is 0 Å². The van der Waals surface area contributed by atoms with Gasteiger partial charge in [-0.3, -0.25) is 0 Å². The number of hydrogen-bond donors (Lipinski definition) is 0. The number of esters is 1. The third-order valence-electron chi connectivity index (χ3n) is 0.654. The van der Waals surface area contributed by atoms with Crippen LogP contribution in [0.3, 0.4) is 0 Å². The smallest absolute Gasteiger partial charge is 0.333 e. The van der Waals surface area contributed by atoms with E-state index in [-0.39, 0.29) is 6.61 Å². The molecule has 49 valence electrons. The summed E-state index contributed by atoms with van der Waals surface area (Å²) >= 11 is 0. The average molecular weight is 125 g/mol. The monoisotopic (exact) mass is 125 g/mol. The molecule has 0 atom stereocenters. The second kappa shape index (κ2) is 3.89. The van der Waals surface area contributed by atoms with E-state index in [9.17, 15) is 4.79 Å². The maximum absolute atomic E-state index is 10.5. The lowest BCUT2D eigenvalue weighted by atomic mass is 10.4.